The van der Waals surface area contributed by atoms with E-state index in [4.69, 9.17) is 5.11 Å². The molecular weight excluding hydrogens is 238 g/mol. The molecule has 0 aliphatic rings. The van der Waals surface area contributed by atoms with Crippen LogP contribution in [0.1, 0.15) is 39.7 Å². The number of hydrogen-bond acceptors (Lipinski definition) is 2. The first-order chi connectivity index (χ1) is 8.79. The zero-order valence-corrected chi connectivity index (χ0v) is 12.4. The molecule has 1 amide bonds. The van der Waals surface area contributed by atoms with Gasteiger partial charge in [0.2, 0.25) is 5.91 Å². The SMILES string of the molecule is CC(C)(CC(C)(C)c1ccccc1)C(=O)NCCO. The van der Waals surface area contributed by atoms with Crippen molar-refractivity contribution in [3.05, 3.63) is 35.9 Å². The Morgan fingerprint density at radius 1 is 1.16 bits per heavy atom. The number of hydrogen-bond donors (Lipinski definition) is 2. The third-order valence-electron chi connectivity index (χ3n) is 3.45. The van der Waals surface area contributed by atoms with Gasteiger partial charge in [-0.25, -0.2) is 0 Å². The van der Waals surface area contributed by atoms with Crippen molar-refractivity contribution >= 4 is 5.91 Å². The Labute approximate surface area is 116 Å². The molecular formula is C16H25NO2. The first kappa shape index (κ1) is 15.7. The summed E-state index contributed by atoms with van der Waals surface area (Å²) in [6.45, 7) is 8.50. The minimum Gasteiger partial charge on any atom is -0.395 e. The molecule has 0 atom stereocenters. The first-order valence-electron chi connectivity index (χ1n) is 6.74. The highest BCUT2D eigenvalue weighted by atomic mass is 16.3. The number of carbonyl (C=O) groups is 1. The van der Waals surface area contributed by atoms with Crippen LogP contribution in [0.3, 0.4) is 0 Å². The van der Waals surface area contributed by atoms with Gasteiger partial charge in [-0.05, 0) is 17.4 Å². The second-order valence-electron chi connectivity index (χ2n) is 6.29. The Hall–Kier alpha value is -1.35. The molecule has 1 aromatic rings. The molecule has 0 saturated heterocycles. The van der Waals surface area contributed by atoms with Crippen LogP contribution in [-0.2, 0) is 10.2 Å². The van der Waals surface area contributed by atoms with Gasteiger partial charge in [0.25, 0.3) is 0 Å². The van der Waals surface area contributed by atoms with E-state index < -0.39 is 5.41 Å². The second kappa shape index (κ2) is 6.20. The number of aliphatic hydroxyl groups excluding tert-OH is 1. The third kappa shape index (κ3) is 4.35. The smallest absolute Gasteiger partial charge is 0.225 e. The molecule has 3 heteroatoms. The Kier molecular flexibility index (Phi) is 5.12. The Balaban J connectivity index is 2.79. The van der Waals surface area contributed by atoms with Gasteiger partial charge in [-0.1, -0.05) is 58.0 Å². The number of rotatable bonds is 6. The molecule has 1 aromatic carbocycles. The minimum absolute atomic E-state index is 0.00874. The molecule has 2 N–H and O–H groups in total. The van der Waals surface area contributed by atoms with Gasteiger partial charge in [0, 0.05) is 12.0 Å². The van der Waals surface area contributed by atoms with Crippen LogP contribution in [0.25, 0.3) is 0 Å². The fourth-order valence-corrected chi connectivity index (χ4v) is 2.59. The minimum atomic E-state index is -0.464. The molecule has 0 aliphatic heterocycles. The van der Waals surface area contributed by atoms with Crippen molar-refractivity contribution in [2.45, 2.75) is 39.5 Å². The van der Waals surface area contributed by atoms with Crippen LogP contribution in [0.2, 0.25) is 0 Å². The van der Waals surface area contributed by atoms with Crippen molar-refractivity contribution in [1.29, 1.82) is 0 Å². The van der Waals surface area contributed by atoms with Gasteiger partial charge >= 0.3 is 0 Å². The largest absolute Gasteiger partial charge is 0.395 e. The van der Waals surface area contributed by atoms with Crippen LogP contribution >= 0.6 is 0 Å². The van der Waals surface area contributed by atoms with Gasteiger partial charge < -0.3 is 10.4 Å². The van der Waals surface area contributed by atoms with Gasteiger partial charge in [-0.2, -0.15) is 0 Å². The second-order valence-corrected chi connectivity index (χ2v) is 6.29. The number of aliphatic hydroxyl groups is 1. The van der Waals surface area contributed by atoms with Gasteiger partial charge in [-0.3, -0.25) is 4.79 Å². The van der Waals surface area contributed by atoms with Crippen LogP contribution < -0.4 is 5.32 Å². The summed E-state index contributed by atoms with van der Waals surface area (Å²) in [5, 5.41) is 11.5. The van der Waals surface area contributed by atoms with E-state index in [-0.39, 0.29) is 17.9 Å². The molecule has 0 spiro atoms. The average molecular weight is 263 g/mol. The molecule has 0 saturated carbocycles. The summed E-state index contributed by atoms with van der Waals surface area (Å²) in [6, 6.07) is 10.2. The topological polar surface area (TPSA) is 49.3 Å². The third-order valence-corrected chi connectivity index (χ3v) is 3.45. The van der Waals surface area contributed by atoms with E-state index in [1.165, 1.54) is 5.56 Å². The van der Waals surface area contributed by atoms with Gasteiger partial charge in [0.15, 0.2) is 0 Å². The quantitative estimate of drug-likeness (QED) is 0.828. The average Bonchev–Trinajstić information content (AvgIpc) is 2.35. The molecule has 0 bridgehead atoms. The molecule has 0 unspecified atom stereocenters. The molecule has 0 heterocycles. The summed E-state index contributed by atoms with van der Waals surface area (Å²) >= 11 is 0. The fraction of sp³-hybridized carbons (Fsp3) is 0.562. The zero-order chi connectivity index (χ0) is 14.5. The van der Waals surface area contributed by atoms with Crippen molar-refractivity contribution < 1.29 is 9.90 Å². The lowest BCUT2D eigenvalue weighted by atomic mass is 9.71. The van der Waals surface area contributed by atoms with Crippen LogP contribution in [0, 0.1) is 5.41 Å². The summed E-state index contributed by atoms with van der Waals surface area (Å²) in [5.74, 6) is -0.00874. The maximum Gasteiger partial charge on any atom is 0.225 e. The van der Waals surface area contributed by atoms with Crippen LogP contribution in [0.15, 0.2) is 30.3 Å². The molecule has 19 heavy (non-hydrogen) atoms. The highest BCUT2D eigenvalue weighted by Crippen LogP contribution is 2.36. The summed E-state index contributed by atoms with van der Waals surface area (Å²) < 4.78 is 0. The van der Waals surface area contributed by atoms with Gasteiger partial charge in [-0.15, -0.1) is 0 Å². The lowest BCUT2D eigenvalue weighted by Gasteiger charge is -2.34. The highest BCUT2D eigenvalue weighted by Gasteiger charge is 2.35. The molecule has 0 fully saturated rings. The van der Waals surface area contributed by atoms with Crippen LogP contribution in [0.4, 0.5) is 0 Å². The van der Waals surface area contributed by atoms with Crippen LogP contribution in [-0.4, -0.2) is 24.2 Å². The van der Waals surface area contributed by atoms with E-state index in [1.807, 2.05) is 32.0 Å². The van der Waals surface area contributed by atoms with Crippen molar-refractivity contribution in [3.8, 4) is 0 Å². The predicted octanol–water partition coefficient (Wildman–Crippen LogP) is 2.49. The summed E-state index contributed by atoms with van der Waals surface area (Å²) in [4.78, 5) is 12.1. The maximum absolute atomic E-state index is 12.1. The standard InChI is InChI=1S/C16H25NO2/c1-15(2,13-8-6-5-7-9-13)12-16(3,4)14(19)17-10-11-18/h5-9,18H,10-12H2,1-4H3,(H,17,19). The molecule has 0 aliphatic carbocycles. The first-order valence-corrected chi connectivity index (χ1v) is 6.74. The van der Waals surface area contributed by atoms with Crippen molar-refractivity contribution in [2.75, 3.05) is 13.2 Å². The molecule has 0 radical (unpaired) electrons. The predicted molar refractivity (Wildman–Crippen MR) is 78.0 cm³/mol. The van der Waals surface area contributed by atoms with E-state index in [9.17, 15) is 4.79 Å². The highest BCUT2D eigenvalue weighted by molar-refractivity contribution is 5.81. The van der Waals surface area contributed by atoms with Gasteiger partial charge in [0.1, 0.15) is 0 Å². The van der Waals surface area contributed by atoms with Crippen LogP contribution in [0.5, 0.6) is 0 Å². The molecule has 0 aromatic heterocycles. The Morgan fingerprint density at radius 3 is 2.26 bits per heavy atom. The van der Waals surface area contributed by atoms with E-state index in [0.717, 1.165) is 6.42 Å². The van der Waals surface area contributed by atoms with Crippen molar-refractivity contribution in [2.24, 2.45) is 5.41 Å². The van der Waals surface area contributed by atoms with Crippen molar-refractivity contribution in [1.82, 2.24) is 5.32 Å². The van der Waals surface area contributed by atoms with E-state index in [1.54, 1.807) is 0 Å². The summed E-state index contributed by atoms with van der Waals surface area (Å²) in [6.07, 6.45) is 0.751. The van der Waals surface area contributed by atoms with E-state index in [2.05, 4.69) is 31.3 Å². The monoisotopic (exact) mass is 263 g/mol. The maximum atomic E-state index is 12.1. The fourth-order valence-electron chi connectivity index (χ4n) is 2.59. The number of benzene rings is 1. The number of carbonyl (C=O) groups excluding carboxylic acids is 1. The normalized spacial score (nSPS) is 12.3. The lowest BCUT2D eigenvalue weighted by Crippen LogP contribution is -2.41. The lowest BCUT2D eigenvalue weighted by molar-refractivity contribution is -0.130. The Bertz CT molecular complexity index is 410. The van der Waals surface area contributed by atoms with Crippen molar-refractivity contribution in [3.63, 3.8) is 0 Å². The summed E-state index contributed by atoms with van der Waals surface area (Å²) in [5.41, 5.74) is 0.702. The van der Waals surface area contributed by atoms with Gasteiger partial charge in [0.05, 0.1) is 6.61 Å². The Morgan fingerprint density at radius 2 is 1.74 bits per heavy atom. The zero-order valence-electron chi connectivity index (χ0n) is 12.4. The molecule has 3 nitrogen and oxygen atoms in total. The van der Waals surface area contributed by atoms with E-state index in [0.29, 0.717) is 6.54 Å². The molecule has 106 valence electrons. The molecule has 1 rings (SSSR count). The number of amides is 1. The number of nitrogens with one attached hydrogen (secondary N) is 1. The summed E-state index contributed by atoms with van der Waals surface area (Å²) in [7, 11) is 0. The van der Waals surface area contributed by atoms with E-state index >= 15 is 0 Å².